The first-order valence-electron chi connectivity index (χ1n) is 6.54. The zero-order valence-corrected chi connectivity index (χ0v) is 11.0. The lowest BCUT2D eigenvalue weighted by atomic mass is 9.83. The van der Waals surface area contributed by atoms with Crippen LogP contribution in [0.25, 0.3) is 0 Å². The summed E-state index contributed by atoms with van der Waals surface area (Å²) in [7, 11) is 1.74. The van der Waals surface area contributed by atoms with Crippen molar-refractivity contribution in [3.63, 3.8) is 0 Å². The van der Waals surface area contributed by atoms with E-state index in [0.717, 1.165) is 32.5 Å². The molecule has 2 unspecified atom stereocenters. The van der Waals surface area contributed by atoms with Gasteiger partial charge in [0.05, 0.1) is 5.60 Å². The molecule has 1 saturated carbocycles. The van der Waals surface area contributed by atoms with E-state index >= 15 is 0 Å². The smallest absolute Gasteiger partial charge is 0.0835 e. The van der Waals surface area contributed by atoms with Crippen LogP contribution in [0, 0.1) is 5.92 Å². The summed E-state index contributed by atoms with van der Waals surface area (Å²) >= 11 is 0. The molecule has 2 atom stereocenters. The molecule has 0 spiro atoms. The van der Waals surface area contributed by atoms with Gasteiger partial charge in [-0.25, -0.2) is 0 Å². The third kappa shape index (κ3) is 3.19. The molecule has 0 heterocycles. The second kappa shape index (κ2) is 6.58. The predicted molar refractivity (Wildman–Crippen MR) is 66.5 cm³/mol. The molecule has 1 fully saturated rings. The molecular formula is C13H27NO2. The Morgan fingerprint density at radius 1 is 1.31 bits per heavy atom. The van der Waals surface area contributed by atoms with Crippen LogP contribution < -0.4 is 5.73 Å². The molecule has 2 N–H and O–H groups in total. The average Bonchev–Trinajstić information content (AvgIpc) is 2.75. The summed E-state index contributed by atoms with van der Waals surface area (Å²) in [5.74, 6) is 0.463. The predicted octanol–water partition coefficient (Wildman–Crippen LogP) is 2.34. The highest BCUT2D eigenvalue weighted by Crippen LogP contribution is 2.38. The molecule has 0 aliphatic heterocycles. The molecule has 0 radical (unpaired) electrons. The van der Waals surface area contributed by atoms with Gasteiger partial charge >= 0.3 is 0 Å². The summed E-state index contributed by atoms with van der Waals surface area (Å²) < 4.78 is 11.1. The van der Waals surface area contributed by atoms with Crippen LogP contribution in [0.3, 0.4) is 0 Å². The normalized spacial score (nSPS) is 23.2. The largest absolute Gasteiger partial charge is 0.385 e. The van der Waals surface area contributed by atoms with Gasteiger partial charge in [0.2, 0.25) is 0 Å². The topological polar surface area (TPSA) is 44.5 Å². The van der Waals surface area contributed by atoms with Crippen molar-refractivity contribution in [3.05, 3.63) is 0 Å². The summed E-state index contributed by atoms with van der Waals surface area (Å²) in [6.07, 6.45) is 5.78. The summed E-state index contributed by atoms with van der Waals surface area (Å²) in [5.41, 5.74) is 6.35. The number of nitrogens with two attached hydrogens (primary N) is 1. The Bertz CT molecular complexity index is 190. The maximum atomic E-state index is 6.40. The monoisotopic (exact) mass is 229 g/mol. The number of ether oxygens (including phenoxy) is 2. The van der Waals surface area contributed by atoms with E-state index < -0.39 is 0 Å². The molecule has 0 bridgehead atoms. The molecule has 0 saturated heterocycles. The van der Waals surface area contributed by atoms with Crippen LogP contribution in [0.4, 0.5) is 0 Å². The lowest BCUT2D eigenvalue weighted by Gasteiger charge is -2.38. The standard InChI is InChI=1S/C13H27NO2/c1-4-16-13(8-5-6-9-13)12(14)11(2)7-10-15-3/h11-12H,4-10,14H2,1-3H3. The van der Waals surface area contributed by atoms with E-state index in [4.69, 9.17) is 15.2 Å². The van der Waals surface area contributed by atoms with Crippen LogP contribution in [0.2, 0.25) is 0 Å². The molecule has 0 aromatic heterocycles. The van der Waals surface area contributed by atoms with Gasteiger partial charge in [-0.3, -0.25) is 0 Å². The number of rotatable bonds is 7. The quantitative estimate of drug-likeness (QED) is 0.728. The van der Waals surface area contributed by atoms with Gasteiger partial charge in [-0.2, -0.15) is 0 Å². The molecule has 96 valence electrons. The Kier molecular flexibility index (Phi) is 5.73. The highest BCUT2D eigenvalue weighted by molar-refractivity contribution is 4.97. The fourth-order valence-corrected chi connectivity index (χ4v) is 2.84. The van der Waals surface area contributed by atoms with Crippen molar-refractivity contribution in [1.82, 2.24) is 0 Å². The fraction of sp³-hybridized carbons (Fsp3) is 1.00. The minimum Gasteiger partial charge on any atom is -0.385 e. The van der Waals surface area contributed by atoms with Crippen molar-refractivity contribution in [3.8, 4) is 0 Å². The zero-order chi connectivity index (χ0) is 12.0. The Morgan fingerprint density at radius 2 is 1.94 bits per heavy atom. The third-order valence-electron chi connectivity index (χ3n) is 3.88. The van der Waals surface area contributed by atoms with Crippen molar-refractivity contribution in [2.24, 2.45) is 11.7 Å². The molecule has 1 rings (SSSR count). The molecule has 16 heavy (non-hydrogen) atoms. The first-order valence-corrected chi connectivity index (χ1v) is 6.54. The first kappa shape index (κ1) is 13.9. The SMILES string of the molecule is CCOC1(C(N)C(C)CCOC)CCCC1. The van der Waals surface area contributed by atoms with E-state index in [1.54, 1.807) is 7.11 Å². The Labute approximate surface area is 99.7 Å². The summed E-state index contributed by atoms with van der Waals surface area (Å²) in [6, 6.07) is 0.144. The Morgan fingerprint density at radius 3 is 2.44 bits per heavy atom. The van der Waals surface area contributed by atoms with E-state index in [1.807, 2.05) is 0 Å². The minimum atomic E-state index is -0.0537. The molecule has 1 aliphatic carbocycles. The molecular weight excluding hydrogens is 202 g/mol. The maximum Gasteiger partial charge on any atom is 0.0835 e. The lowest BCUT2D eigenvalue weighted by Crippen LogP contribution is -2.52. The van der Waals surface area contributed by atoms with Gasteiger partial charge in [-0.05, 0) is 32.1 Å². The second-order valence-corrected chi connectivity index (χ2v) is 4.99. The van der Waals surface area contributed by atoms with Crippen molar-refractivity contribution in [2.45, 2.75) is 57.6 Å². The molecule has 0 aromatic rings. The van der Waals surface area contributed by atoms with Gasteiger partial charge < -0.3 is 15.2 Å². The van der Waals surface area contributed by atoms with Gasteiger partial charge in [0.1, 0.15) is 0 Å². The van der Waals surface area contributed by atoms with E-state index in [1.165, 1.54) is 12.8 Å². The van der Waals surface area contributed by atoms with Crippen molar-refractivity contribution >= 4 is 0 Å². The Hall–Kier alpha value is -0.120. The van der Waals surface area contributed by atoms with Gasteiger partial charge in [-0.15, -0.1) is 0 Å². The third-order valence-corrected chi connectivity index (χ3v) is 3.88. The minimum absolute atomic E-state index is 0.0537. The summed E-state index contributed by atoms with van der Waals surface area (Å²) in [4.78, 5) is 0. The van der Waals surface area contributed by atoms with Gasteiger partial charge in [0.25, 0.3) is 0 Å². The number of hydrogen-bond donors (Lipinski definition) is 1. The van der Waals surface area contributed by atoms with E-state index in [2.05, 4.69) is 13.8 Å². The molecule has 3 nitrogen and oxygen atoms in total. The summed E-state index contributed by atoms with van der Waals surface area (Å²) in [6.45, 7) is 5.83. The van der Waals surface area contributed by atoms with Crippen molar-refractivity contribution in [1.29, 1.82) is 0 Å². The molecule has 0 aromatic carbocycles. The van der Waals surface area contributed by atoms with Crippen LogP contribution in [0.1, 0.15) is 46.0 Å². The molecule has 0 amide bonds. The van der Waals surface area contributed by atoms with Crippen LogP contribution in [0.5, 0.6) is 0 Å². The van der Waals surface area contributed by atoms with Crippen molar-refractivity contribution in [2.75, 3.05) is 20.3 Å². The van der Waals surface area contributed by atoms with E-state index in [0.29, 0.717) is 5.92 Å². The first-order chi connectivity index (χ1) is 7.66. The fourth-order valence-electron chi connectivity index (χ4n) is 2.84. The number of hydrogen-bond acceptors (Lipinski definition) is 3. The summed E-state index contributed by atoms with van der Waals surface area (Å²) in [5, 5.41) is 0. The van der Waals surface area contributed by atoms with Gasteiger partial charge in [0, 0.05) is 26.4 Å². The van der Waals surface area contributed by atoms with E-state index in [9.17, 15) is 0 Å². The maximum absolute atomic E-state index is 6.40. The van der Waals surface area contributed by atoms with Gasteiger partial charge in [0.15, 0.2) is 0 Å². The van der Waals surface area contributed by atoms with E-state index in [-0.39, 0.29) is 11.6 Å². The van der Waals surface area contributed by atoms with Gasteiger partial charge in [-0.1, -0.05) is 19.8 Å². The number of methoxy groups -OCH3 is 1. The average molecular weight is 229 g/mol. The highest BCUT2D eigenvalue weighted by atomic mass is 16.5. The molecule has 3 heteroatoms. The zero-order valence-electron chi connectivity index (χ0n) is 11.0. The van der Waals surface area contributed by atoms with Crippen LogP contribution >= 0.6 is 0 Å². The van der Waals surface area contributed by atoms with Crippen LogP contribution in [-0.4, -0.2) is 32.0 Å². The van der Waals surface area contributed by atoms with Crippen LogP contribution in [-0.2, 0) is 9.47 Å². The Balaban J connectivity index is 2.56. The van der Waals surface area contributed by atoms with Crippen LogP contribution in [0.15, 0.2) is 0 Å². The van der Waals surface area contributed by atoms with Crippen molar-refractivity contribution < 1.29 is 9.47 Å². The highest BCUT2D eigenvalue weighted by Gasteiger charge is 2.42. The second-order valence-electron chi connectivity index (χ2n) is 4.99. The lowest BCUT2D eigenvalue weighted by molar-refractivity contribution is -0.0658. The molecule has 1 aliphatic rings.